The number of nitrogens with one attached hydrogen (secondary N) is 3. The van der Waals surface area contributed by atoms with Gasteiger partial charge in [-0.2, -0.15) is 25.3 Å². The minimum absolute atomic E-state index is 0.0829. The summed E-state index contributed by atoms with van der Waals surface area (Å²) in [6.07, 6.45) is 4.60. The standard InChI is InChI=1S/C19H28N4O2S2/c20-8-4-3-7-16(18(24)11-26)23-19(25)17(22-12-27)9-13-10-21-15-6-2-1-5-14(13)15/h1-2,5-6,10,16-17,21-22,26-27H,3-4,7-9,11-12,20H2,(H,23,25)/t16-,17-/m0/s1. The van der Waals surface area contributed by atoms with Crippen LogP contribution in [-0.2, 0) is 16.0 Å². The largest absolute Gasteiger partial charge is 0.361 e. The number of H-pyrrole nitrogens is 1. The number of Topliss-reactive ketones (excluding diaryl/α,β-unsaturated/α-hetero) is 1. The average molecular weight is 409 g/mol. The lowest BCUT2D eigenvalue weighted by Crippen LogP contribution is -2.51. The number of aromatic nitrogens is 1. The van der Waals surface area contributed by atoms with Crippen molar-refractivity contribution in [2.75, 3.05) is 18.2 Å². The van der Waals surface area contributed by atoms with Gasteiger partial charge in [-0.1, -0.05) is 18.2 Å². The first kappa shape index (κ1) is 21.8. The molecular weight excluding hydrogens is 380 g/mol. The third-order valence-electron chi connectivity index (χ3n) is 4.56. The lowest BCUT2D eigenvalue weighted by atomic mass is 10.0. The maximum atomic E-state index is 12.8. The molecule has 148 valence electrons. The molecule has 8 heteroatoms. The molecule has 0 unspecified atom stereocenters. The maximum absolute atomic E-state index is 12.8. The molecule has 0 aliphatic heterocycles. The first-order valence-electron chi connectivity index (χ1n) is 9.14. The van der Waals surface area contributed by atoms with Crippen molar-refractivity contribution in [2.45, 2.75) is 37.8 Å². The molecule has 1 amide bonds. The van der Waals surface area contributed by atoms with Crippen LogP contribution in [0.3, 0.4) is 0 Å². The number of hydrogen-bond acceptors (Lipinski definition) is 6. The zero-order valence-electron chi connectivity index (χ0n) is 15.3. The molecule has 1 aromatic carbocycles. The molecule has 0 spiro atoms. The Hall–Kier alpha value is -1.48. The molecule has 0 radical (unpaired) electrons. The number of carbonyl (C=O) groups is 2. The number of hydrogen-bond donors (Lipinski definition) is 6. The van der Waals surface area contributed by atoms with Crippen molar-refractivity contribution in [3.05, 3.63) is 36.0 Å². The summed E-state index contributed by atoms with van der Waals surface area (Å²) in [5.74, 6) is 0.169. The second-order valence-electron chi connectivity index (χ2n) is 6.45. The topological polar surface area (TPSA) is 100 Å². The number of amides is 1. The number of ketones is 1. The summed E-state index contributed by atoms with van der Waals surface area (Å²) < 4.78 is 0. The van der Waals surface area contributed by atoms with E-state index in [0.717, 1.165) is 29.3 Å². The van der Waals surface area contributed by atoms with E-state index in [1.807, 2.05) is 30.5 Å². The molecule has 6 nitrogen and oxygen atoms in total. The fourth-order valence-electron chi connectivity index (χ4n) is 3.08. The van der Waals surface area contributed by atoms with Crippen molar-refractivity contribution in [3.63, 3.8) is 0 Å². The molecular formula is C19H28N4O2S2. The van der Waals surface area contributed by atoms with Gasteiger partial charge in [0.25, 0.3) is 0 Å². The number of unbranched alkanes of at least 4 members (excludes halogenated alkanes) is 1. The molecule has 0 fully saturated rings. The number of benzene rings is 1. The van der Waals surface area contributed by atoms with Crippen LogP contribution >= 0.6 is 25.3 Å². The fraction of sp³-hybridized carbons (Fsp3) is 0.474. The number of carbonyl (C=O) groups excluding carboxylic acids is 2. The summed E-state index contributed by atoms with van der Waals surface area (Å²) in [5.41, 5.74) is 7.60. The van der Waals surface area contributed by atoms with Gasteiger partial charge in [-0.05, 0) is 43.9 Å². The van der Waals surface area contributed by atoms with Crippen molar-refractivity contribution in [3.8, 4) is 0 Å². The van der Waals surface area contributed by atoms with Gasteiger partial charge in [0.1, 0.15) is 0 Å². The van der Waals surface area contributed by atoms with Crippen LogP contribution in [0.15, 0.2) is 30.5 Å². The first-order valence-corrected chi connectivity index (χ1v) is 10.4. The zero-order chi connectivity index (χ0) is 19.6. The van der Waals surface area contributed by atoms with E-state index in [-0.39, 0.29) is 17.4 Å². The zero-order valence-corrected chi connectivity index (χ0v) is 17.1. The van der Waals surface area contributed by atoms with Crippen LogP contribution in [0.25, 0.3) is 10.9 Å². The highest BCUT2D eigenvalue weighted by Crippen LogP contribution is 2.19. The summed E-state index contributed by atoms with van der Waals surface area (Å²) in [6.45, 7) is 0.570. The highest BCUT2D eigenvalue weighted by Gasteiger charge is 2.25. The van der Waals surface area contributed by atoms with Gasteiger partial charge in [-0.25, -0.2) is 0 Å². The Bertz CT molecular complexity index is 750. The fourth-order valence-corrected chi connectivity index (χ4v) is 3.52. The molecule has 1 heterocycles. The molecule has 27 heavy (non-hydrogen) atoms. The second-order valence-corrected chi connectivity index (χ2v) is 7.08. The van der Waals surface area contributed by atoms with E-state index in [1.165, 1.54) is 0 Å². The molecule has 2 aromatic rings. The third kappa shape index (κ3) is 6.27. The minimum atomic E-state index is -0.534. The normalized spacial score (nSPS) is 13.4. The number of thiol groups is 2. The number of rotatable bonds is 12. The van der Waals surface area contributed by atoms with Crippen molar-refractivity contribution < 1.29 is 9.59 Å². The van der Waals surface area contributed by atoms with Gasteiger partial charge in [0.15, 0.2) is 5.78 Å². The van der Waals surface area contributed by atoms with Gasteiger partial charge in [0, 0.05) is 23.0 Å². The Morgan fingerprint density at radius 2 is 1.93 bits per heavy atom. The molecule has 2 rings (SSSR count). The number of fused-ring (bicyclic) bond motifs is 1. The van der Waals surface area contributed by atoms with Crippen LogP contribution < -0.4 is 16.4 Å². The van der Waals surface area contributed by atoms with Gasteiger partial charge in [0.05, 0.1) is 17.8 Å². The molecule has 1 aromatic heterocycles. The summed E-state index contributed by atoms with van der Waals surface area (Å²) in [5, 5.41) is 7.08. The van der Waals surface area contributed by atoms with Crippen molar-refractivity contribution in [1.29, 1.82) is 0 Å². The Balaban J connectivity index is 2.09. The van der Waals surface area contributed by atoms with Gasteiger partial charge in [-0.15, -0.1) is 0 Å². The van der Waals surface area contributed by atoms with Crippen LogP contribution in [0, 0.1) is 0 Å². The highest BCUT2D eigenvalue weighted by molar-refractivity contribution is 7.81. The SMILES string of the molecule is NCCCC[C@H](NC(=O)[C@H](Cc1c[nH]c2ccccc12)NCS)C(=O)CS. The van der Waals surface area contributed by atoms with Crippen LogP contribution in [0.1, 0.15) is 24.8 Å². The molecule has 5 N–H and O–H groups in total. The summed E-state index contributed by atoms with van der Waals surface area (Å²) in [7, 11) is 0. The van der Waals surface area contributed by atoms with E-state index in [0.29, 0.717) is 25.3 Å². The molecule has 2 atom stereocenters. The number of aromatic amines is 1. The van der Waals surface area contributed by atoms with Crippen molar-refractivity contribution in [2.24, 2.45) is 5.73 Å². The van der Waals surface area contributed by atoms with Gasteiger partial charge < -0.3 is 16.0 Å². The average Bonchev–Trinajstić information content (AvgIpc) is 3.09. The predicted octanol–water partition coefficient (Wildman–Crippen LogP) is 1.67. The van der Waals surface area contributed by atoms with E-state index < -0.39 is 12.1 Å². The maximum Gasteiger partial charge on any atom is 0.238 e. The second kappa shape index (κ2) is 11.4. The van der Waals surface area contributed by atoms with Crippen LogP contribution in [0.2, 0.25) is 0 Å². The van der Waals surface area contributed by atoms with Gasteiger partial charge in [0.2, 0.25) is 5.91 Å². The predicted molar refractivity (Wildman–Crippen MR) is 116 cm³/mol. The van der Waals surface area contributed by atoms with Crippen LogP contribution in [0.4, 0.5) is 0 Å². The van der Waals surface area contributed by atoms with E-state index in [4.69, 9.17) is 5.73 Å². The Morgan fingerprint density at radius 1 is 1.15 bits per heavy atom. The number of nitrogens with two attached hydrogens (primary N) is 1. The molecule has 0 aliphatic carbocycles. The lowest BCUT2D eigenvalue weighted by molar-refractivity contribution is -0.128. The van der Waals surface area contributed by atoms with E-state index in [2.05, 4.69) is 40.9 Å². The monoisotopic (exact) mass is 408 g/mol. The van der Waals surface area contributed by atoms with Crippen molar-refractivity contribution in [1.82, 2.24) is 15.6 Å². The molecule has 0 saturated heterocycles. The lowest BCUT2D eigenvalue weighted by Gasteiger charge is -2.22. The minimum Gasteiger partial charge on any atom is -0.361 e. The smallest absolute Gasteiger partial charge is 0.238 e. The first-order chi connectivity index (χ1) is 13.1. The third-order valence-corrected chi connectivity index (χ3v) is 5.06. The van der Waals surface area contributed by atoms with Crippen LogP contribution in [0.5, 0.6) is 0 Å². The summed E-state index contributed by atoms with van der Waals surface area (Å²) >= 11 is 8.28. The molecule has 0 bridgehead atoms. The summed E-state index contributed by atoms with van der Waals surface area (Å²) in [4.78, 5) is 28.2. The highest BCUT2D eigenvalue weighted by atomic mass is 32.1. The van der Waals surface area contributed by atoms with E-state index in [9.17, 15) is 9.59 Å². The van der Waals surface area contributed by atoms with Crippen LogP contribution in [-0.4, -0.2) is 46.9 Å². The van der Waals surface area contributed by atoms with E-state index in [1.54, 1.807) is 0 Å². The van der Waals surface area contributed by atoms with Gasteiger partial charge in [-0.3, -0.25) is 14.9 Å². The molecule has 0 aliphatic rings. The number of para-hydroxylation sites is 1. The Kier molecular flexibility index (Phi) is 9.20. The Labute approximate surface area is 170 Å². The van der Waals surface area contributed by atoms with E-state index >= 15 is 0 Å². The summed E-state index contributed by atoms with van der Waals surface area (Å²) in [6, 6.07) is 6.95. The Morgan fingerprint density at radius 3 is 2.63 bits per heavy atom. The van der Waals surface area contributed by atoms with Crippen molar-refractivity contribution >= 4 is 47.9 Å². The quantitative estimate of drug-likeness (QED) is 0.183. The van der Waals surface area contributed by atoms with Gasteiger partial charge >= 0.3 is 0 Å². The molecule has 0 saturated carbocycles.